The van der Waals surface area contributed by atoms with Crippen LogP contribution in [0.5, 0.6) is 5.75 Å². The second-order valence-electron chi connectivity index (χ2n) is 5.11. The maximum absolute atomic E-state index is 12.2. The van der Waals surface area contributed by atoms with E-state index >= 15 is 0 Å². The molecule has 1 atom stereocenters. The quantitative estimate of drug-likeness (QED) is 0.811. The van der Waals surface area contributed by atoms with E-state index in [9.17, 15) is 13.6 Å². The number of thiocarbonyl (C=S) groups is 1. The number of hydrogen-bond donors (Lipinski definition) is 1. The van der Waals surface area contributed by atoms with Gasteiger partial charge in [0.25, 0.3) is 0 Å². The molecule has 0 spiro atoms. The van der Waals surface area contributed by atoms with E-state index in [-0.39, 0.29) is 16.9 Å². The standard InChI is InChI=1S/C15H18F2N2O2S2/c1-10(23-15(22)19-8-2-3-9-19)13(20)18-11-4-6-12(7-5-11)21-14(16)17/h4-7,10,14H,2-3,8-9H2,1H3,(H,18,20). The van der Waals surface area contributed by atoms with Gasteiger partial charge in [-0.15, -0.1) is 0 Å². The second-order valence-corrected chi connectivity index (χ2v) is 7.09. The minimum atomic E-state index is -2.86. The minimum absolute atomic E-state index is 0.0515. The Balaban J connectivity index is 1.84. The van der Waals surface area contributed by atoms with Gasteiger partial charge in [-0.1, -0.05) is 24.0 Å². The molecule has 2 rings (SSSR count). The molecule has 1 aromatic carbocycles. The summed E-state index contributed by atoms with van der Waals surface area (Å²) in [6, 6.07) is 5.81. The van der Waals surface area contributed by atoms with Crippen molar-refractivity contribution >= 4 is 39.9 Å². The highest BCUT2D eigenvalue weighted by Gasteiger charge is 2.21. The number of carbonyl (C=O) groups is 1. The van der Waals surface area contributed by atoms with Crippen LogP contribution in [-0.4, -0.2) is 40.1 Å². The number of carbonyl (C=O) groups excluding carboxylic acids is 1. The van der Waals surface area contributed by atoms with Gasteiger partial charge in [-0.05, 0) is 44.0 Å². The molecule has 1 fully saturated rings. The zero-order valence-corrected chi connectivity index (χ0v) is 14.3. The summed E-state index contributed by atoms with van der Waals surface area (Å²) >= 11 is 6.71. The number of ether oxygens (including phenoxy) is 1. The van der Waals surface area contributed by atoms with E-state index in [1.165, 1.54) is 36.0 Å². The number of thioether (sulfide) groups is 1. The summed E-state index contributed by atoms with van der Waals surface area (Å²) in [5.41, 5.74) is 0.524. The lowest BCUT2D eigenvalue weighted by Crippen LogP contribution is -2.29. The van der Waals surface area contributed by atoms with E-state index in [1.54, 1.807) is 6.92 Å². The van der Waals surface area contributed by atoms with E-state index in [4.69, 9.17) is 12.2 Å². The Morgan fingerprint density at radius 3 is 2.48 bits per heavy atom. The van der Waals surface area contributed by atoms with Gasteiger partial charge in [0, 0.05) is 18.8 Å². The van der Waals surface area contributed by atoms with Crippen molar-refractivity contribution in [1.82, 2.24) is 4.90 Å². The second kappa shape index (κ2) is 8.44. The summed E-state index contributed by atoms with van der Waals surface area (Å²) in [6.07, 6.45) is 2.27. The van der Waals surface area contributed by atoms with Crippen LogP contribution in [-0.2, 0) is 4.79 Å². The van der Waals surface area contributed by atoms with Gasteiger partial charge in [0.15, 0.2) is 0 Å². The molecule has 23 heavy (non-hydrogen) atoms. The van der Waals surface area contributed by atoms with Gasteiger partial charge in [-0.3, -0.25) is 4.79 Å². The van der Waals surface area contributed by atoms with Crippen molar-refractivity contribution in [3.05, 3.63) is 24.3 Å². The maximum atomic E-state index is 12.2. The van der Waals surface area contributed by atoms with E-state index in [2.05, 4.69) is 15.0 Å². The molecule has 1 aliphatic heterocycles. The zero-order chi connectivity index (χ0) is 16.8. The van der Waals surface area contributed by atoms with Crippen molar-refractivity contribution in [2.75, 3.05) is 18.4 Å². The molecule has 1 aromatic rings. The van der Waals surface area contributed by atoms with E-state index in [1.807, 2.05) is 0 Å². The Morgan fingerprint density at radius 1 is 1.30 bits per heavy atom. The third-order valence-corrected chi connectivity index (χ3v) is 4.93. The van der Waals surface area contributed by atoms with Gasteiger partial charge >= 0.3 is 6.61 Å². The molecule has 8 heteroatoms. The summed E-state index contributed by atoms with van der Waals surface area (Å²) in [5, 5.41) is 2.40. The number of benzene rings is 1. The van der Waals surface area contributed by atoms with Crippen LogP contribution < -0.4 is 10.1 Å². The Bertz CT molecular complexity index is 549. The first-order valence-corrected chi connectivity index (χ1v) is 8.56. The SMILES string of the molecule is CC(SC(=S)N1CCCC1)C(=O)Nc1ccc(OC(F)F)cc1. The van der Waals surface area contributed by atoms with Crippen LogP contribution in [0.4, 0.5) is 14.5 Å². The first-order valence-electron chi connectivity index (χ1n) is 7.27. The molecular weight excluding hydrogens is 342 g/mol. The van der Waals surface area contributed by atoms with Crippen LogP contribution in [0, 0.1) is 0 Å². The normalized spacial score (nSPS) is 15.6. The Hall–Kier alpha value is -1.41. The molecule has 1 heterocycles. The molecule has 1 amide bonds. The first-order chi connectivity index (χ1) is 11.0. The van der Waals surface area contributed by atoms with Crippen molar-refractivity contribution < 1.29 is 18.3 Å². The largest absolute Gasteiger partial charge is 0.435 e. The average Bonchev–Trinajstić information content (AvgIpc) is 3.03. The third kappa shape index (κ3) is 5.62. The fraction of sp³-hybridized carbons (Fsp3) is 0.467. The Labute approximate surface area is 143 Å². The lowest BCUT2D eigenvalue weighted by molar-refractivity contribution is -0.115. The average molecular weight is 360 g/mol. The van der Waals surface area contributed by atoms with Gasteiger partial charge in [0.05, 0.1) is 5.25 Å². The topological polar surface area (TPSA) is 41.6 Å². The van der Waals surface area contributed by atoms with E-state index in [0.29, 0.717) is 5.69 Å². The molecule has 0 bridgehead atoms. The lowest BCUT2D eigenvalue weighted by atomic mass is 10.3. The van der Waals surface area contributed by atoms with Crippen molar-refractivity contribution in [3.63, 3.8) is 0 Å². The molecule has 1 saturated heterocycles. The number of halogens is 2. The number of nitrogens with one attached hydrogen (secondary N) is 1. The van der Waals surface area contributed by atoms with E-state index in [0.717, 1.165) is 30.3 Å². The number of hydrogen-bond acceptors (Lipinski definition) is 4. The van der Waals surface area contributed by atoms with Gasteiger partial charge < -0.3 is 15.0 Å². The molecule has 4 nitrogen and oxygen atoms in total. The van der Waals surface area contributed by atoms with Gasteiger partial charge in [-0.2, -0.15) is 8.78 Å². The van der Waals surface area contributed by atoms with Crippen molar-refractivity contribution in [2.45, 2.75) is 31.6 Å². The number of rotatable bonds is 5. The van der Waals surface area contributed by atoms with Crippen molar-refractivity contribution in [3.8, 4) is 5.75 Å². The summed E-state index contributed by atoms with van der Waals surface area (Å²) in [7, 11) is 0. The van der Waals surface area contributed by atoms with Gasteiger partial charge in [0.1, 0.15) is 10.1 Å². The molecule has 0 saturated carbocycles. The van der Waals surface area contributed by atoms with Crippen molar-refractivity contribution in [1.29, 1.82) is 0 Å². The highest BCUT2D eigenvalue weighted by Crippen LogP contribution is 2.22. The smallest absolute Gasteiger partial charge is 0.387 e. The maximum Gasteiger partial charge on any atom is 0.387 e. The molecule has 0 aliphatic carbocycles. The molecular formula is C15H18F2N2O2S2. The highest BCUT2D eigenvalue weighted by molar-refractivity contribution is 8.23. The monoisotopic (exact) mass is 360 g/mol. The van der Waals surface area contributed by atoms with Crippen LogP contribution in [0.25, 0.3) is 0 Å². The Morgan fingerprint density at radius 2 is 1.91 bits per heavy atom. The minimum Gasteiger partial charge on any atom is -0.435 e. The number of anilines is 1. The van der Waals surface area contributed by atoms with Crippen molar-refractivity contribution in [2.24, 2.45) is 0 Å². The number of nitrogens with zero attached hydrogens (tertiary/aromatic N) is 1. The fourth-order valence-electron chi connectivity index (χ4n) is 2.14. The first kappa shape index (κ1) is 17.9. The number of likely N-dealkylation sites (tertiary alicyclic amines) is 1. The van der Waals surface area contributed by atoms with Gasteiger partial charge in [0.2, 0.25) is 5.91 Å². The highest BCUT2D eigenvalue weighted by atomic mass is 32.2. The molecule has 0 aromatic heterocycles. The Kier molecular flexibility index (Phi) is 6.59. The van der Waals surface area contributed by atoms with Crippen LogP contribution >= 0.6 is 24.0 Å². The van der Waals surface area contributed by atoms with Crippen LogP contribution in [0.3, 0.4) is 0 Å². The third-order valence-electron chi connectivity index (χ3n) is 3.36. The summed E-state index contributed by atoms with van der Waals surface area (Å²) in [4.78, 5) is 14.3. The van der Waals surface area contributed by atoms with Crippen LogP contribution in [0.15, 0.2) is 24.3 Å². The van der Waals surface area contributed by atoms with Gasteiger partial charge in [-0.25, -0.2) is 0 Å². The molecule has 1 N–H and O–H groups in total. The molecule has 1 unspecified atom stereocenters. The predicted molar refractivity (Wildman–Crippen MR) is 92.2 cm³/mol. The zero-order valence-electron chi connectivity index (χ0n) is 12.6. The van der Waals surface area contributed by atoms with Crippen LogP contribution in [0.1, 0.15) is 19.8 Å². The summed E-state index contributed by atoms with van der Waals surface area (Å²) in [5.74, 6) is -0.130. The number of alkyl halides is 2. The molecule has 1 aliphatic rings. The molecule has 0 radical (unpaired) electrons. The fourth-order valence-corrected chi connectivity index (χ4v) is 3.56. The summed E-state index contributed by atoms with van der Waals surface area (Å²) in [6.45, 7) is 0.826. The van der Waals surface area contributed by atoms with Crippen LogP contribution in [0.2, 0.25) is 0 Å². The predicted octanol–water partition coefficient (Wildman–Crippen LogP) is 3.73. The lowest BCUT2D eigenvalue weighted by Gasteiger charge is -2.20. The molecule has 126 valence electrons. The van der Waals surface area contributed by atoms with E-state index < -0.39 is 6.61 Å². The summed E-state index contributed by atoms with van der Waals surface area (Å²) < 4.78 is 29.2. The number of amides is 1.